The molecule has 0 saturated heterocycles. The molecule has 21 heavy (non-hydrogen) atoms. The number of nitrogens with two attached hydrogens (primary N) is 1. The van der Waals surface area contributed by atoms with Gasteiger partial charge in [0.1, 0.15) is 0 Å². The molecule has 1 saturated carbocycles. The van der Waals surface area contributed by atoms with E-state index in [0.717, 1.165) is 23.9 Å². The van der Waals surface area contributed by atoms with Crippen LogP contribution in [0, 0.1) is 5.92 Å². The van der Waals surface area contributed by atoms with Gasteiger partial charge >= 0.3 is 0 Å². The molecule has 1 aromatic carbocycles. The van der Waals surface area contributed by atoms with Crippen LogP contribution in [0.4, 0.5) is 0 Å². The molecule has 2 nitrogen and oxygen atoms in total. The molecular weight excluding hydrogens is 280 g/mol. The van der Waals surface area contributed by atoms with Gasteiger partial charge in [-0.05, 0) is 49.9 Å². The Labute approximate surface area is 134 Å². The first kappa shape index (κ1) is 16.8. The fraction of sp³-hybridized carbons (Fsp3) is 0.667. The Morgan fingerprint density at radius 2 is 1.81 bits per heavy atom. The quantitative estimate of drug-likeness (QED) is 0.830. The third kappa shape index (κ3) is 4.70. The second kappa shape index (κ2) is 8.17. The van der Waals surface area contributed by atoms with Crippen LogP contribution in [0.15, 0.2) is 24.3 Å². The molecule has 0 bridgehead atoms. The van der Waals surface area contributed by atoms with Crippen LogP contribution in [-0.2, 0) is 0 Å². The zero-order chi connectivity index (χ0) is 15.2. The fourth-order valence-electron chi connectivity index (χ4n) is 3.60. The van der Waals surface area contributed by atoms with Crippen molar-refractivity contribution in [3.8, 4) is 0 Å². The lowest BCUT2D eigenvalue weighted by atomic mass is 9.87. The van der Waals surface area contributed by atoms with Gasteiger partial charge in [-0.15, -0.1) is 0 Å². The topological polar surface area (TPSA) is 29.3 Å². The molecule has 0 aliphatic heterocycles. The van der Waals surface area contributed by atoms with E-state index in [9.17, 15) is 0 Å². The number of rotatable bonds is 6. The van der Waals surface area contributed by atoms with Crippen LogP contribution >= 0.6 is 11.6 Å². The normalized spacial score (nSPS) is 19.7. The summed E-state index contributed by atoms with van der Waals surface area (Å²) in [7, 11) is 2.23. The zero-order valence-electron chi connectivity index (χ0n) is 13.4. The minimum absolute atomic E-state index is 0.166. The van der Waals surface area contributed by atoms with Gasteiger partial charge < -0.3 is 5.73 Å². The van der Waals surface area contributed by atoms with Crippen LogP contribution in [-0.4, -0.2) is 24.5 Å². The first-order chi connectivity index (χ1) is 10.1. The molecule has 0 heterocycles. The van der Waals surface area contributed by atoms with Gasteiger partial charge in [0.2, 0.25) is 0 Å². The van der Waals surface area contributed by atoms with Gasteiger partial charge in [-0.1, -0.05) is 49.9 Å². The number of benzene rings is 1. The first-order valence-electron chi connectivity index (χ1n) is 8.33. The third-order valence-electron chi connectivity index (χ3n) is 4.83. The minimum Gasteiger partial charge on any atom is -0.326 e. The molecule has 2 atom stereocenters. The maximum atomic E-state index is 6.42. The molecule has 2 unspecified atom stereocenters. The van der Waals surface area contributed by atoms with Crippen LogP contribution in [0.5, 0.6) is 0 Å². The second-order valence-corrected chi connectivity index (χ2v) is 6.95. The van der Waals surface area contributed by atoms with Crippen LogP contribution in [0.3, 0.4) is 0 Å². The zero-order valence-corrected chi connectivity index (χ0v) is 14.1. The molecule has 0 spiro atoms. The summed E-state index contributed by atoms with van der Waals surface area (Å²) in [6.45, 7) is 3.32. The van der Waals surface area contributed by atoms with Gasteiger partial charge in [-0.2, -0.15) is 0 Å². The predicted octanol–water partition coefficient (Wildman–Crippen LogP) is 4.63. The maximum Gasteiger partial charge on any atom is 0.0496 e. The number of nitrogens with zero attached hydrogens (tertiary/aromatic N) is 1. The Bertz CT molecular complexity index is 412. The molecule has 1 fully saturated rings. The average molecular weight is 309 g/mol. The van der Waals surface area contributed by atoms with E-state index in [1.165, 1.54) is 37.7 Å². The first-order valence-corrected chi connectivity index (χ1v) is 8.71. The van der Waals surface area contributed by atoms with Crippen molar-refractivity contribution in [3.05, 3.63) is 34.9 Å². The highest BCUT2D eigenvalue weighted by atomic mass is 35.5. The summed E-state index contributed by atoms with van der Waals surface area (Å²) in [5.41, 5.74) is 7.70. The summed E-state index contributed by atoms with van der Waals surface area (Å²) in [6, 6.07) is 8.65. The van der Waals surface area contributed by atoms with Crippen molar-refractivity contribution < 1.29 is 0 Å². The summed E-state index contributed by atoms with van der Waals surface area (Å²) >= 11 is 6.02. The molecule has 1 aromatic rings. The Balaban J connectivity index is 2.09. The summed E-state index contributed by atoms with van der Waals surface area (Å²) in [4.78, 5) is 2.47. The SMILES string of the molecule is CCC(N)C(c1ccc(Cl)cc1)N(C)CC1CCCCC1. The highest BCUT2D eigenvalue weighted by Gasteiger charge is 2.25. The van der Waals surface area contributed by atoms with E-state index in [2.05, 4.69) is 31.0 Å². The van der Waals surface area contributed by atoms with Gasteiger partial charge in [-0.3, -0.25) is 4.90 Å². The van der Waals surface area contributed by atoms with E-state index >= 15 is 0 Å². The predicted molar refractivity (Wildman–Crippen MR) is 91.7 cm³/mol. The van der Waals surface area contributed by atoms with Crippen molar-refractivity contribution in [1.29, 1.82) is 0 Å². The summed E-state index contributed by atoms with van der Waals surface area (Å²) in [6.07, 6.45) is 7.93. The molecule has 118 valence electrons. The molecule has 2 N–H and O–H groups in total. The van der Waals surface area contributed by atoms with Gasteiger partial charge in [0.05, 0.1) is 0 Å². The second-order valence-electron chi connectivity index (χ2n) is 6.51. The molecule has 1 aliphatic carbocycles. The van der Waals surface area contributed by atoms with Gasteiger partial charge in [0.25, 0.3) is 0 Å². The molecule has 1 aliphatic rings. The van der Waals surface area contributed by atoms with Crippen LogP contribution in [0.1, 0.15) is 57.1 Å². The van der Waals surface area contributed by atoms with Crippen LogP contribution in [0.2, 0.25) is 5.02 Å². The minimum atomic E-state index is 0.166. The smallest absolute Gasteiger partial charge is 0.0496 e. The lowest BCUT2D eigenvalue weighted by molar-refractivity contribution is 0.161. The average Bonchev–Trinajstić information content (AvgIpc) is 2.50. The van der Waals surface area contributed by atoms with Crippen LogP contribution < -0.4 is 5.73 Å². The van der Waals surface area contributed by atoms with Crippen molar-refractivity contribution in [2.24, 2.45) is 11.7 Å². The van der Waals surface area contributed by atoms with E-state index in [1.807, 2.05) is 12.1 Å². The molecule has 0 radical (unpaired) electrons. The lowest BCUT2D eigenvalue weighted by Crippen LogP contribution is -2.41. The summed E-state index contributed by atoms with van der Waals surface area (Å²) in [5.74, 6) is 0.836. The molecular formula is C18H29ClN2. The lowest BCUT2D eigenvalue weighted by Gasteiger charge is -2.36. The highest BCUT2D eigenvalue weighted by Crippen LogP contribution is 2.30. The Morgan fingerprint density at radius 3 is 2.38 bits per heavy atom. The number of hydrogen-bond donors (Lipinski definition) is 1. The van der Waals surface area contributed by atoms with E-state index in [1.54, 1.807) is 0 Å². The molecule has 2 rings (SSSR count). The number of hydrogen-bond acceptors (Lipinski definition) is 2. The van der Waals surface area contributed by atoms with Crippen molar-refractivity contribution in [1.82, 2.24) is 4.90 Å². The van der Waals surface area contributed by atoms with E-state index < -0.39 is 0 Å². The standard InChI is InChI=1S/C18H29ClN2/c1-3-17(20)18(15-9-11-16(19)12-10-15)21(2)13-14-7-5-4-6-8-14/h9-12,14,17-18H,3-8,13,20H2,1-2H3. The third-order valence-corrected chi connectivity index (χ3v) is 5.09. The van der Waals surface area contributed by atoms with E-state index in [4.69, 9.17) is 17.3 Å². The van der Waals surface area contributed by atoms with Crippen molar-refractivity contribution >= 4 is 11.6 Å². The largest absolute Gasteiger partial charge is 0.326 e. The van der Waals surface area contributed by atoms with Gasteiger partial charge in [-0.25, -0.2) is 0 Å². The van der Waals surface area contributed by atoms with Crippen LogP contribution in [0.25, 0.3) is 0 Å². The Hall–Kier alpha value is -0.570. The molecule has 3 heteroatoms. The number of likely N-dealkylation sites (N-methyl/N-ethyl adjacent to an activating group) is 1. The molecule has 0 amide bonds. The van der Waals surface area contributed by atoms with Crippen molar-refractivity contribution in [2.75, 3.05) is 13.6 Å². The van der Waals surface area contributed by atoms with E-state index in [0.29, 0.717) is 0 Å². The molecule has 0 aromatic heterocycles. The van der Waals surface area contributed by atoms with Gasteiger partial charge in [0.15, 0.2) is 0 Å². The monoisotopic (exact) mass is 308 g/mol. The summed E-state index contributed by atoms with van der Waals surface area (Å²) in [5, 5.41) is 0.789. The maximum absolute atomic E-state index is 6.42. The van der Waals surface area contributed by atoms with Crippen molar-refractivity contribution in [3.63, 3.8) is 0 Å². The fourth-order valence-corrected chi connectivity index (χ4v) is 3.73. The van der Waals surface area contributed by atoms with Crippen molar-refractivity contribution in [2.45, 2.75) is 57.5 Å². The number of halogens is 1. The highest BCUT2D eigenvalue weighted by molar-refractivity contribution is 6.30. The van der Waals surface area contributed by atoms with E-state index in [-0.39, 0.29) is 12.1 Å². The summed E-state index contributed by atoms with van der Waals surface area (Å²) < 4.78 is 0. The van der Waals surface area contributed by atoms with Gasteiger partial charge in [0, 0.05) is 23.7 Å². The Morgan fingerprint density at radius 1 is 1.19 bits per heavy atom. The Kier molecular flexibility index (Phi) is 6.53.